The molecular formula is C18H25ClN4O5. The molecule has 2 amide bonds. The number of ether oxygens (including phenoxy) is 2. The van der Waals surface area contributed by atoms with E-state index in [4.69, 9.17) is 15.9 Å². The van der Waals surface area contributed by atoms with Crippen LogP contribution in [0.25, 0.3) is 0 Å². The SMILES string of the molecule is COC(=O)CCN1CCN(CCCOc2ccc(C(=N)N)cc2)C(=O)C1=O.Cl. The second-order valence-electron chi connectivity index (χ2n) is 6.05. The number of amides is 2. The van der Waals surface area contributed by atoms with E-state index in [1.165, 1.54) is 16.9 Å². The molecule has 1 aromatic carbocycles. The van der Waals surface area contributed by atoms with Gasteiger partial charge in [0.2, 0.25) is 0 Å². The minimum absolute atomic E-state index is 0. The Labute approximate surface area is 169 Å². The molecule has 28 heavy (non-hydrogen) atoms. The van der Waals surface area contributed by atoms with Crippen LogP contribution in [0.3, 0.4) is 0 Å². The third-order valence-electron chi connectivity index (χ3n) is 4.22. The Morgan fingerprint density at radius 1 is 1.11 bits per heavy atom. The van der Waals surface area contributed by atoms with Gasteiger partial charge in [-0.05, 0) is 30.7 Å². The van der Waals surface area contributed by atoms with E-state index in [1.807, 2.05) is 0 Å². The molecule has 9 nitrogen and oxygen atoms in total. The first-order valence-corrected chi connectivity index (χ1v) is 8.64. The maximum absolute atomic E-state index is 12.2. The standard InChI is InChI=1S/C18H24N4O5.ClH/c1-26-15(23)7-9-22-11-10-21(17(24)18(22)25)8-2-12-27-14-5-3-13(4-6-14)16(19)20;/h3-6H,2,7-12H2,1H3,(H3,19,20);1H. The van der Waals surface area contributed by atoms with Crippen LogP contribution in [-0.2, 0) is 19.1 Å². The number of carbonyl (C=O) groups is 3. The van der Waals surface area contributed by atoms with Crippen molar-refractivity contribution in [2.45, 2.75) is 12.8 Å². The van der Waals surface area contributed by atoms with E-state index in [9.17, 15) is 14.4 Å². The lowest BCUT2D eigenvalue weighted by Crippen LogP contribution is -2.54. The number of hydrogen-bond donors (Lipinski definition) is 2. The van der Waals surface area contributed by atoms with Crippen LogP contribution in [0.15, 0.2) is 24.3 Å². The van der Waals surface area contributed by atoms with Gasteiger partial charge >= 0.3 is 17.8 Å². The molecule has 2 rings (SSSR count). The van der Waals surface area contributed by atoms with Crippen molar-refractivity contribution in [3.8, 4) is 5.75 Å². The molecule has 0 unspecified atom stereocenters. The number of nitrogen functional groups attached to an aromatic ring is 1. The Hall–Kier alpha value is -2.81. The van der Waals surface area contributed by atoms with Crippen molar-refractivity contribution in [2.24, 2.45) is 5.73 Å². The lowest BCUT2D eigenvalue weighted by molar-refractivity contribution is -0.156. The monoisotopic (exact) mass is 412 g/mol. The predicted molar refractivity (Wildman–Crippen MR) is 105 cm³/mol. The Balaban J connectivity index is 0.00000392. The number of nitrogens with two attached hydrogens (primary N) is 1. The fourth-order valence-electron chi connectivity index (χ4n) is 2.65. The molecule has 0 saturated carbocycles. The molecule has 0 aliphatic carbocycles. The molecule has 1 fully saturated rings. The Morgan fingerprint density at radius 3 is 2.21 bits per heavy atom. The third kappa shape index (κ3) is 6.41. The van der Waals surface area contributed by atoms with Crippen molar-refractivity contribution in [2.75, 3.05) is 39.9 Å². The quantitative estimate of drug-likeness (QED) is 0.199. The number of methoxy groups -OCH3 is 1. The van der Waals surface area contributed by atoms with E-state index < -0.39 is 17.8 Å². The van der Waals surface area contributed by atoms with Crippen LogP contribution in [0.2, 0.25) is 0 Å². The summed E-state index contributed by atoms with van der Waals surface area (Å²) >= 11 is 0. The molecule has 1 saturated heterocycles. The second-order valence-corrected chi connectivity index (χ2v) is 6.05. The molecule has 0 aromatic heterocycles. The largest absolute Gasteiger partial charge is 0.494 e. The minimum atomic E-state index is -0.592. The van der Waals surface area contributed by atoms with Crippen LogP contribution in [0.4, 0.5) is 0 Å². The van der Waals surface area contributed by atoms with Gasteiger partial charge < -0.3 is 25.0 Å². The van der Waals surface area contributed by atoms with E-state index in [0.717, 1.165) is 0 Å². The van der Waals surface area contributed by atoms with Crippen molar-refractivity contribution < 1.29 is 23.9 Å². The van der Waals surface area contributed by atoms with Gasteiger partial charge in [-0.1, -0.05) is 0 Å². The highest BCUT2D eigenvalue weighted by Gasteiger charge is 2.32. The highest BCUT2D eigenvalue weighted by atomic mass is 35.5. The van der Waals surface area contributed by atoms with E-state index in [0.29, 0.717) is 44.0 Å². The number of hydrogen-bond acceptors (Lipinski definition) is 6. The Morgan fingerprint density at radius 2 is 1.68 bits per heavy atom. The number of nitrogens with zero attached hydrogens (tertiary/aromatic N) is 2. The zero-order valence-corrected chi connectivity index (χ0v) is 16.5. The van der Waals surface area contributed by atoms with Crippen LogP contribution in [0, 0.1) is 5.41 Å². The molecular weight excluding hydrogens is 388 g/mol. The van der Waals surface area contributed by atoms with Crippen LogP contribution in [0.1, 0.15) is 18.4 Å². The van der Waals surface area contributed by atoms with E-state index in [-0.39, 0.29) is 31.2 Å². The molecule has 1 heterocycles. The van der Waals surface area contributed by atoms with Gasteiger partial charge in [0.05, 0.1) is 20.1 Å². The summed E-state index contributed by atoms with van der Waals surface area (Å²) in [5.41, 5.74) is 6.02. The maximum Gasteiger partial charge on any atom is 0.312 e. The number of carbonyl (C=O) groups excluding carboxylic acids is 3. The first-order valence-electron chi connectivity index (χ1n) is 8.64. The van der Waals surface area contributed by atoms with Gasteiger partial charge in [0.15, 0.2) is 0 Å². The summed E-state index contributed by atoms with van der Waals surface area (Å²) in [6, 6.07) is 6.86. The molecule has 1 aromatic rings. The van der Waals surface area contributed by atoms with Gasteiger partial charge in [-0.2, -0.15) is 0 Å². The summed E-state index contributed by atoms with van der Waals surface area (Å²) in [7, 11) is 1.28. The lowest BCUT2D eigenvalue weighted by atomic mass is 10.2. The average molecular weight is 413 g/mol. The Bertz CT molecular complexity index is 710. The van der Waals surface area contributed by atoms with Crippen LogP contribution in [0.5, 0.6) is 5.75 Å². The van der Waals surface area contributed by atoms with E-state index >= 15 is 0 Å². The summed E-state index contributed by atoms with van der Waals surface area (Å²) in [6.45, 7) is 1.82. The fourth-order valence-corrected chi connectivity index (χ4v) is 2.65. The number of esters is 1. The summed E-state index contributed by atoms with van der Waals surface area (Å²) in [6.07, 6.45) is 0.654. The Kier molecular flexibility index (Phi) is 9.23. The molecule has 0 spiro atoms. The van der Waals surface area contributed by atoms with Crippen molar-refractivity contribution in [3.05, 3.63) is 29.8 Å². The third-order valence-corrected chi connectivity index (χ3v) is 4.22. The minimum Gasteiger partial charge on any atom is -0.494 e. The summed E-state index contributed by atoms with van der Waals surface area (Å²) < 4.78 is 10.1. The fraction of sp³-hybridized carbons (Fsp3) is 0.444. The van der Waals surface area contributed by atoms with E-state index in [1.54, 1.807) is 24.3 Å². The first-order chi connectivity index (χ1) is 12.9. The van der Waals surface area contributed by atoms with Crippen LogP contribution >= 0.6 is 12.4 Å². The zero-order valence-electron chi connectivity index (χ0n) is 15.7. The summed E-state index contributed by atoms with van der Waals surface area (Å²) in [4.78, 5) is 38.3. The van der Waals surface area contributed by atoms with E-state index in [2.05, 4.69) is 4.74 Å². The summed E-state index contributed by atoms with van der Waals surface area (Å²) in [5.74, 6) is -0.917. The molecule has 10 heteroatoms. The van der Waals surface area contributed by atoms with Gasteiger partial charge in [-0.3, -0.25) is 19.8 Å². The topological polar surface area (TPSA) is 126 Å². The maximum atomic E-state index is 12.2. The van der Waals surface area contributed by atoms with Crippen molar-refractivity contribution in [3.63, 3.8) is 0 Å². The molecule has 0 atom stereocenters. The first kappa shape index (κ1) is 23.2. The molecule has 0 bridgehead atoms. The van der Waals surface area contributed by atoms with Gasteiger partial charge in [0, 0.05) is 31.7 Å². The second kappa shape index (κ2) is 11.1. The number of halogens is 1. The number of nitrogens with one attached hydrogen (secondary N) is 1. The number of amidine groups is 1. The normalized spacial score (nSPS) is 13.8. The van der Waals surface area contributed by atoms with Gasteiger partial charge in [-0.25, -0.2) is 0 Å². The lowest BCUT2D eigenvalue weighted by Gasteiger charge is -2.33. The van der Waals surface area contributed by atoms with Crippen molar-refractivity contribution >= 4 is 36.0 Å². The highest BCUT2D eigenvalue weighted by molar-refractivity contribution is 6.35. The molecule has 154 valence electrons. The van der Waals surface area contributed by atoms with Gasteiger partial charge in [-0.15, -0.1) is 12.4 Å². The average Bonchev–Trinajstić information content (AvgIpc) is 2.67. The van der Waals surface area contributed by atoms with Gasteiger partial charge in [0.25, 0.3) is 0 Å². The smallest absolute Gasteiger partial charge is 0.312 e. The van der Waals surface area contributed by atoms with Crippen LogP contribution in [-0.4, -0.2) is 73.3 Å². The summed E-state index contributed by atoms with van der Waals surface area (Å²) in [5, 5.41) is 7.34. The zero-order chi connectivity index (χ0) is 19.8. The number of piperazine rings is 1. The molecule has 0 radical (unpaired) electrons. The number of benzene rings is 1. The van der Waals surface area contributed by atoms with Crippen molar-refractivity contribution in [1.82, 2.24) is 9.80 Å². The molecule has 3 N–H and O–H groups in total. The number of rotatable bonds is 9. The predicted octanol–water partition coefficient (Wildman–Crippen LogP) is 0.395. The van der Waals surface area contributed by atoms with Gasteiger partial charge in [0.1, 0.15) is 11.6 Å². The molecule has 1 aliphatic rings. The van der Waals surface area contributed by atoms with Crippen LogP contribution < -0.4 is 10.5 Å². The highest BCUT2D eigenvalue weighted by Crippen LogP contribution is 2.13. The van der Waals surface area contributed by atoms with Crippen molar-refractivity contribution in [1.29, 1.82) is 5.41 Å². The molecule has 1 aliphatic heterocycles.